The summed E-state index contributed by atoms with van der Waals surface area (Å²) >= 11 is 24.7. The maximum Gasteiger partial charge on any atom is 0.266 e. The molecular formula is C20H15Cl3N2O2S2. The van der Waals surface area contributed by atoms with E-state index in [4.69, 9.17) is 47.0 Å². The van der Waals surface area contributed by atoms with Crippen molar-refractivity contribution >= 4 is 86.7 Å². The molecular weight excluding hydrogens is 471 g/mol. The minimum Gasteiger partial charge on any atom is -0.325 e. The predicted octanol–water partition coefficient (Wildman–Crippen LogP) is 6.27. The number of benzene rings is 2. The summed E-state index contributed by atoms with van der Waals surface area (Å²) < 4.78 is 0.464. The number of hydrogen-bond donors (Lipinski definition) is 1. The Morgan fingerprint density at radius 3 is 2.59 bits per heavy atom. The topological polar surface area (TPSA) is 49.4 Å². The molecule has 29 heavy (non-hydrogen) atoms. The smallest absolute Gasteiger partial charge is 0.266 e. The molecule has 2 aromatic rings. The molecule has 1 fully saturated rings. The van der Waals surface area contributed by atoms with Crippen molar-refractivity contribution in [3.8, 4) is 0 Å². The van der Waals surface area contributed by atoms with Crippen LogP contribution in [0.3, 0.4) is 0 Å². The van der Waals surface area contributed by atoms with Gasteiger partial charge in [0.05, 0.1) is 20.6 Å². The number of anilines is 1. The van der Waals surface area contributed by atoms with Gasteiger partial charge in [-0.2, -0.15) is 0 Å². The highest BCUT2D eigenvalue weighted by Gasteiger charge is 2.31. The third-order valence-electron chi connectivity index (χ3n) is 4.08. The van der Waals surface area contributed by atoms with E-state index in [2.05, 4.69) is 5.32 Å². The van der Waals surface area contributed by atoms with Crippen LogP contribution in [0.4, 0.5) is 5.69 Å². The molecule has 3 rings (SSSR count). The van der Waals surface area contributed by atoms with E-state index in [1.807, 2.05) is 18.2 Å². The van der Waals surface area contributed by atoms with Crippen molar-refractivity contribution < 1.29 is 9.59 Å². The lowest BCUT2D eigenvalue weighted by atomic mass is 10.2. The number of carbonyl (C=O) groups is 2. The highest BCUT2D eigenvalue weighted by molar-refractivity contribution is 8.26. The van der Waals surface area contributed by atoms with Gasteiger partial charge in [0.15, 0.2) is 0 Å². The van der Waals surface area contributed by atoms with Crippen LogP contribution in [0.15, 0.2) is 47.4 Å². The van der Waals surface area contributed by atoms with Gasteiger partial charge in [0.25, 0.3) is 5.91 Å². The van der Waals surface area contributed by atoms with Crippen LogP contribution in [-0.4, -0.2) is 27.6 Å². The van der Waals surface area contributed by atoms with Crippen molar-refractivity contribution in [2.45, 2.75) is 12.8 Å². The second-order valence-corrected chi connectivity index (χ2v) is 8.98. The third-order valence-corrected chi connectivity index (χ3v) is 6.62. The molecule has 0 radical (unpaired) electrons. The summed E-state index contributed by atoms with van der Waals surface area (Å²) in [5.74, 6) is -0.399. The SMILES string of the molecule is O=C(CCCN1C(=O)C(=Cc2ccccc2Cl)SC1=S)Nc1cccc(Cl)c1Cl. The number of hydrogen-bond acceptors (Lipinski definition) is 4. The van der Waals surface area contributed by atoms with Crippen molar-refractivity contribution in [2.24, 2.45) is 0 Å². The standard InChI is InChI=1S/C20H15Cl3N2O2S2/c21-13-6-2-1-5-12(13)11-16-19(27)25(20(28)29-16)10-4-9-17(26)24-15-8-3-7-14(22)18(15)23/h1-3,5-8,11H,4,9-10H2,(H,24,26). The number of thiocarbonyl (C=S) groups is 1. The molecule has 150 valence electrons. The fourth-order valence-corrected chi connectivity index (χ4v) is 4.47. The normalized spacial score (nSPS) is 15.3. The molecule has 0 aromatic heterocycles. The zero-order chi connectivity index (χ0) is 21.0. The molecule has 1 N–H and O–H groups in total. The van der Waals surface area contributed by atoms with Crippen molar-refractivity contribution in [1.29, 1.82) is 0 Å². The van der Waals surface area contributed by atoms with Crippen LogP contribution in [-0.2, 0) is 9.59 Å². The maximum atomic E-state index is 12.7. The summed E-state index contributed by atoms with van der Waals surface area (Å²) in [4.78, 5) is 26.8. The quantitative estimate of drug-likeness (QED) is 0.387. The molecule has 2 aromatic carbocycles. The Morgan fingerprint density at radius 1 is 1.10 bits per heavy atom. The Kier molecular flexibility index (Phi) is 7.60. The number of nitrogens with one attached hydrogen (secondary N) is 1. The number of rotatable bonds is 6. The molecule has 2 amide bonds. The van der Waals surface area contributed by atoms with Crippen molar-refractivity contribution in [2.75, 3.05) is 11.9 Å². The van der Waals surface area contributed by atoms with Crippen molar-refractivity contribution in [3.05, 3.63) is 68.0 Å². The molecule has 1 saturated heterocycles. The van der Waals surface area contributed by atoms with Crippen LogP contribution in [0.5, 0.6) is 0 Å². The summed E-state index contributed by atoms with van der Waals surface area (Å²) in [6.45, 7) is 0.348. The van der Waals surface area contributed by atoms with E-state index in [0.29, 0.717) is 42.9 Å². The molecule has 0 aliphatic carbocycles. The van der Waals surface area contributed by atoms with E-state index in [-0.39, 0.29) is 18.2 Å². The van der Waals surface area contributed by atoms with Gasteiger partial charge >= 0.3 is 0 Å². The van der Waals surface area contributed by atoms with Crippen LogP contribution < -0.4 is 5.32 Å². The Balaban J connectivity index is 1.56. The Bertz CT molecular complexity index is 1010. The second-order valence-electron chi connectivity index (χ2n) is 6.11. The first kappa shape index (κ1) is 22.1. The van der Waals surface area contributed by atoms with Crippen LogP contribution in [0.1, 0.15) is 18.4 Å². The maximum absolute atomic E-state index is 12.7. The lowest BCUT2D eigenvalue weighted by molar-refractivity contribution is -0.122. The lowest BCUT2D eigenvalue weighted by Crippen LogP contribution is -2.29. The average Bonchev–Trinajstić information content (AvgIpc) is 2.94. The van der Waals surface area contributed by atoms with E-state index in [0.717, 1.165) is 5.56 Å². The van der Waals surface area contributed by atoms with Gasteiger partial charge in [0, 0.05) is 18.0 Å². The van der Waals surface area contributed by atoms with E-state index < -0.39 is 0 Å². The van der Waals surface area contributed by atoms with Gasteiger partial charge in [0.1, 0.15) is 4.32 Å². The summed E-state index contributed by atoms with van der Waals surface area (Å²) in [7, 11) is 0. The largest absolute Gasteiger partial charge is 0.325 e. The van der Waals surface area contributed by atoms with Gasteiger partial charge in [-0.3, -0.25) is 14.5 Å². The summed E-state index contributed by atoms with van der Waals surface area (Å²) in [6.07, 6.45) is 2.40. The number of carbonyl (C=O) groups excluding carboxylic acids is 2. The molecule has 0 bridgehead atoms. The van der Waals surface area contributed by atoms with Gasteiger partial charge in [-0.25, -0.2) is 0 Å². The predicted molar refractivity (Wildman–Crippen MR) is 126 cm³/mol. The molecule has 0 atom stereocenters. The van der Waals surface area contributed by atoms with Crippen LogP contribution >= 0.6 is 58.8 Å². The summed E-state index contributed by atoms with van der Waals surface area (Å²) in [5, 5.41) is 3.95. The van der Waals surface area contributed by atoms with E-state index in [9.17, 15) is 9.59 Å². The van der Waals surface area contributed by atoms with Gasteiger partial charge in [0.2, 0.25) is 5.91 Å². The van der Waals surface area contributed by atoms with Gasteiger partial charge in [-0.1, -0.05) is 83.0 Å². The monoisotopic (exact) mass is 484 g/mol. The third kappa shape index (κ3) is 5.53. The van der Waals surface area contributed by atoms with Crippen molar-refractivity contribution in [3.63, 3.8) is 0 Å². The molecule has 0 spiro atoms. The van der Waals surface area contributed by atoms with Crippen LogP contribution in [0.2, 0.25) is 15.1 Å². The molecule has 4 nitrogen and oxygen atoms in total. The van der Waals surface area contributed by atoms with Crippen molar-refractivity contribution in [1.82, 2.24) is 4.90 Å². The first-order valence-electron chi connectivity index (χ1n) is 8.60. The van der Waals surface area contributed by atoms with Gasteiger partial charge < -0.3 is 5.32 Å². The van der Waals surface area contributed by atoms with Crippen LogP contribution in [0, 0.1) is 0 Å². The molecule has 1 heterocycles. The zero-order valence-corrected chi connectivity index (χ0v) is 18.9. The second kappa shape index (κ2) is 9.96. The Hall–Kier alpha value is -1.57. The van der Waals surface area contributed by atoms with Gasteiger partial charge in [-0.15, -0.1) is 0 Å². The number of thioether (sulfide) groups is 1. The highest BCUT2D eigenvalue weighted by Crippen LogP contribution is 2.34. The highest BCUT2D eigenvalue weighted by atomic mass is 35.5. The first-order valence-corrected chi connectivity index (χ1v) is 11.0. The Labute approximate surface area is 193 Å². The van der Waals surface area contributed by atoms with Crippen LogP contribution in [0.25, 0.3) is 6.08 Å². The fraction of sp³-hybridized carbons (Fsp3) is 0.150. The van der Waals surface area contributed by atoms with E-state index in [1.165, 1.54) is 16.7 Å². The zero-order valence-electron chi connectivity index (χ0n) is 15.0. The number of amides is 2. The number of nitrogens with zero attached hydrogens (tertiary/aromatic N) is 1. The minimum absolute atomic E-state index is 0.182. The average molecular weight is 486 g/mol. The molecule has 9 heteroatoms. The lowest BCUT2D eigenvalue weighted by Gasteiger charge is -2.14. The summed E-state index contributed by atoms with van der Waals surface area (Å²) in [6, 6.07) is 12.3. The fourth-order valence-electron chi connectivity index (χ4n) is 2.64. The Morgan fingerprint density at radius 2 is 1.83 bits per heavy atom. The molecule has 0 unspecified atom stereocenters. The number of halogens is 3. The molecule has 0 saturated carbocycles. The molecule has 1 aliphatic heterocycles. The molecule has 1 aliphatic rings. The summed E-state index contributed by atoms with van der Waals surface area (Å²) in [5.41, 5.74) is 1.21. The van der Waals surface area contributed by atoms with E-state index >= 15 is 0 Å². The van der Waals surface area contributed by atoms with E-state index in [1.54, 1.807) is 30.3 Å². The minimum atomic E-state index is -0.216. The first-order chi connectivity index (χ1) is 13.9. The van der Waals surface area contributed by atoms with Gasteiger partial charge in [-0.05, 0) is 36.3 Å².